The second-order valence-electron chi connectivity index (χ2n) is 9.91. The van der Waals surface area contributed by atoms with E-state index >= 15 is 0 Å². The van der Waals surface area contributed by atoms with Gasteiger partial charge in [-0.1, -0.05) is 48.4 Å². The molecule has 0 aromatic heterocycles. The van der Waals surface area contributed by atoms with Crippen LogP contribution in [0.4, 0.5) is 0 Å². The maximum atomic E-state index is 14.2. The molecule has 35 heavy (non-hydrogen) atoms. The van der Waals surface area contributed by atoms with Crippen molar-refractivity contribution < 1.29 is 19.5 Å². The molecule has 0 aromatic carbocycles. The van der Waals surface area contributed by atoms with Crippen LogP contribution in [0.3, 0.4) is 0 Å². The molecular weight excluding hydrogens is 530 g/mol. The third-order valence-corrected chi connectivity index (χ3v) is 10.9. The summed E-state index contributed by atoms with van der Waals surface area (Å²) in [7, 11) is 0. The first-order valence-electron chi connectivity index (χ1n) is 12.8. The van der Waals surface area contributed by atoms with Crippen LogP contribution in [0.5, 0.6) is 0 Å². The highest BCUT2D eigenvalue weighted by molar-refractivity contribution is 9.09. The van der Waals surface area contributed by atoms with Crippen LogP contribution in [0.15, 0.2) is 25.3 Å². The van der Waals surface area contributed by atoms with Gasteiger partial charge in [0.15, 0.2) is 0 Å². The highest BCUT2D eigenvalue weighted by atomic mass is 79.9. The average Bonchev–Trinajstić information content (AvgIpc) is 3.40. The fourth-order valence-corrected chi connectivity index (χ4v) is 9.92. The van der Waals surface area contributed by atoms with Crippen LogP contribution in [0.25, 0.3) is 0 Å². The summed E-state index contributed by atoms with van der Waals surface area (Å²) in [6, 6.07) is -0.709. The van der Waals surface area contributed by atoms with Gasteiger partial charge in [0.25, 0.3) is 0 Å². The van der Waals surface area contributed by atoms with E-state index in [1.54, 1.807) is 33.7 Å². The lowest BCUT2D eigenvalue weighted by Gasteiger charge is -2.40. The van der Waals surface area contributed by atoms with Gasteiger partial charge in [-0.05, 0) is 26.2 Å². The number of rotatable bonds is 13. The van der Waals surface area contributed by atoms with E-state index in [9.17, 15) is 19.5 Å². The first kappa shape index (κ1) is 28.3. The summed E-state index contributed by atoms with van der Waals surface area (Å²) in [5, 5.41) is 9.75. The molecule has 3 saturated heterocycles. The minimum atomic E-state index is -0.710. The molecule has 3 aliphatic rings. The van der Waals surface area contributed by atoms with Crippen LogP contribution in [0.2, 0.25) is 0 Å². The van der Waals surface area contributed by atoms with Gasteiger partial charge in [0.1, 0.15) is 6.04 Å². The fourth-order valence-electron chi connectivity index (χ4n) is 6.32. The number of thioether (sulfide) groups is 1. The monoisotopic (exact) mass is 569 g/mol. The van der Waals surface area contributed by atoms with E-state index in [1.165, 1.54) is 0 Å². The van der Waals surface area contributed by atoms with E-state index in [0.29, 0.717) is 26.1 Å². The van der Waals surface area contributed by atoms with E-state index in [0.717, 1.165) is 19.3 Å². The van der Waals surface area contributed by atoms with Gasteiger partial charge in [-0.15, -0.1) is 24.9 Å². The summed E-state index contributed by atoms with van der Waals surface area (Å²) in [5.41, 5.74) is 0. The lowest BCUT2D eigenvalue weighted by Crippen LogP contribution is -2.57. The van der Waals surface area contributed by atoms with E-state index in [1.807, 2.05) is 18.7 Å². The quantitative estimate of drug-likeness (QED) is 0.272. The summed E-state index contributed by atoms with van der Waals surface area (Å²) in [4.78, 5) is 47.2. The zero-order valence-corrected chi connectivity index (χ0v) is 23.6. The predicted molar refractivity (Wildman–Crippen MR) is 144 cm³/mol. The van der Waals surface area contributed by atoms with Gasteiger partial charge < -0.3 is 19.8 Å². The van der Waals surface area contributed by atoms with E-state index < -0.39 is 22.6 Å². The number of β-amino-alcohol motifs (C(OH)–C–C–N with tert-alkyl or cyclic N) is 1. The third-order valence-electron chi connectivity index (χ3n) is 7.65. The van der Waals surface area contributed by atoms with E-state index in [4.69, 9.17) is 0 Å². The van der Waals surface area contributed by atoms with Crippen LogP contribution < -0.4 is 0 Å². The minimum absolute atomic E-state index is 0.000430. The van der Waals surface area contributed by atoms with Crippen molar-refractivity contribution >= 4 is 45.4 Å². The molecule has 0 radical (unpaired) electrons. The Balaban J connectivity index is 2.05. The molecule has 3 heterocycles. The van der Waals surface area contributed by atoms with Crippen molar-refractivity contribution in [1.29, 1.82) is 0 Å². The molecule has 3 rings (SSSR count). The summed E-state index contributed by atoms with van der Waals surface area (Å²) >= 11 is 5.45. The Bertz CT molecular complexity index is 841. The maximum absolute atomic E-state index is 14.2. The Hall–Kier alpha value is -1.32. The number of amides is 3. The van der Waals surface area contributed by atoms with E-state index in [-0.39, 0.29) is 47.0 Å². The van der Waals surface area contributed by atoms with Gasteiger partial charge in [0, 0.05) is 42.3 Å². The van der Waals surface area contributed by atoms with Gasteiger partial charge in [0.2, 0.25) is 17.7 Å². The summed E-state index contributed by atoms with van der Waals surface area (Å²) in [6.45, 7) is 15.1. The fraction of sp³-hybridized carbons (Fsp3) is 0.731. The maximum Gasteiger partial charge on any atom is 0.247 e. The van der Waals surface area contributed by atoms with Crippen molar-refractivity contribution in [2.75, 3.05) is 32.8 Å². The van der Waals surface area contributed by atoms with Crippen LogP contribution in [0.1, 0.15) is 46.5 Å². The van der Waals surface area contributed by atoms with Crippen molar-refractivity contribution in [3.8, 4) is 0 Å². The predicted octanol–water partition coefficient (Wildman–Crippen LogP) is 3.07. The Morgan fingerprint density at radius 1 is 1.26 bits per heavy atom. The second kappa shape index (κ2) is 11.8. The Morgan fingerprint density at radius 3 is 2.51 bits per heavy atom. The van der Waals surface area contributed by atoms with Gasteiger partial charge >= 0.3 is 0 Å². The highest BCUT2D eigenvalue weighted by Crippen LogP contribution is 2.68. The van der Waals surface area contributed by atoms with Gasteiger partial charge in [0.05, 0.1) is 23.2 Å². The Morgan fingerprint density at radius 2 is 1.94 bits per heavy atom. The number of carbonyl (C=O) groups excluding carboxylic acids is 3. The molecule has 0 saturated carbocycles. The standard InChI is InChI=1S/C26H40BrN3O4S/c1-6-10-17(5)29(13-9-4)25(34)22-26-16-18(27)21(35-26)19(20(26)24(33)30(22)14-15-31)23(32)28(11-7-2)12-8-3/h7,9,17-22,31H,2,4,6,8,10-16H2,1,3,5H3/t17?,18?,19-,20-,21-,22?,26?/m0/s1. The van der Waals surface area contributed by atoms with Gasteiger partial charge in [-0.2, -0.15) is 0 Å². The number of likely N-dealkylation sites (tertiary alicyclic amines) is 1. The number of fused-ring (bicyclic) bond motifs is 1. The molecule has 0 aromatic rings. The number of carbonyl (C=O) groups is 3. The Kier molecular flexibility index (Phi) is 9.54. The smallest absolute Gasteiger partial charge is 0.247 e. The molecule has 4 unspecified atom stereocenters. The lowest BCUT2D eigenvalue weighted by molar-refractivity contribution is -0.145. The topological polar surface area (TPSA) is 81.2 Å². The normalized spacial score (nSPS) is 31.9. The average molecular weight is 571 g/mol. The van der Waals surface area contributed by atoms with E-state index in [2.05, 4.69) is 36.0 Å². The van der Waals surface area contributed by atoms with Crippen molar-refractivity contribution in [3.63, 3.8) is 0 Å². The third kappa shape index (κ3) is 4.85. The number of aliphatic hydroxyl groups is 1. The molecule has 196 valence electrons. The number of aliphatic hydroxyl groups excluding tert-OH is 1. The number of alkyl halides is 1. The second-order valence-corrected chi connectivity index (χ2v) is 12.6. The van der Waals surface area contributed by atoms with Crippen molar-refractivity contribution in [2.24, 2.45) is 11.8 Å². The molecular formula is C26H40BrN3O4S. The van der Waals surface area contributed by atoms with Crippen LogP contribution in [-0.4, -0.2) is 97.2 Å². The summed E-state index contributed by atoms with van der Waals surface area (Å²) in [6.07, 6.45) is 6.69. The molecule has 9 heteroatoms. The first-order chi connectivity index (χ1) is 16.7. The molecule has 3 aliphatic heterocycles. The number of nitrogens with zero attached hydrogens (tertiary/aromatic N) is 3. The molecule has 2 bridgehead atoms. The number of halogens is 1. The lowest BCUT2D eigenvalue weighted by atomic mass is 9.70. The van der Waals surface area contributed by atoms with Crippen molar-refractivity contribution in [3.05, 3.63) is 25.3 Å². The van der Waals surface area contributed by atoms with Crippen LogP contribution in [-0.2, 0) is 14.4 Å². The van der Waals surface area contributed by atoms with Crippen molar-refractivity contribution in [2.45, 2.75) is 73.4 Å². The largest absolute Gasteiger partial charge is 0.395 e. The molecule has 3 fully saturated rings. The highest BCUT2D eigenvalue weighted by Gasteiger charge is 2.76. The zero-order chi connectivity index (χ0) is 25.9. The van der Waals surface area contributed by atoms with Crippen molar-refractivity contribution in [1.82, 2.24) is 14.7 Å². The van der Waals surface area contributed by atoms with Gasteiger partial charge in [-0.3, -0.25) is 14.4 Å². The summed E-state index contributed by atoms with van der Waals surface area (Å²) in [5.74, 6) is -1.39. The Labute approximate surface area is 222 Å². The number of hydrogen-bond donors (Lipinski definition) is 1. The molecule has 3 amide bonds. The zero-order valence-electron chi connectivity index (χ0n) is 21.2. The van der Waals surface area contributed by atoms with Crippen LogP contribution in [0, 0.1) is 11.8 Å². The SMILES string of the molecule is C=CCN(CCC)C(=O)[C@H]1[C@H]2C(=O)N(CCO)C(C(=O)N(CC=C)C(C)CCC)C23CC(Br)[C@@H]1S3. The van der Waals surface area contributed by atoms with Gasteiger partial charge in [-0.25, -0.2) is 0 Å². The molecule has 1 N–H and O–H groups in total. The molecule has 7 atom stereocenters. The molecule has 7 nitrogen and oxygen atoms in total. The first-order valence-corrected chi connectivity index (χ1v) is 14.6. The summed E-state index contributed by atoms with van der Waals surface area (Å²) < 4.78 is -0.695. The molecule has 1 spiro atoms. The number of hydrogen-bond acceptors (Lipinski definition) is 5. The molecule has 0 aliphatic carbocycles. The minimum Gasteiger partial charge on any atom is -0.395 e. The van der Waals surface area contributed by atoms with Crippen LogP contribution >= 0.6 is 27.7 Å².